The molecule has 0 saturated carbocycles. The Labute approximate surface area is 240 Å². The lowest BCUT2D eigenvalue weighted by molar-refractivity contribution is -0.143. The zero-order valence-corrected chi connectivity index (χ0v) is 23.5. The highest BCUT2D eigenvalue weighted by Gasteiger charge is 2.39. The van der Waals surface area contributed by atoms with Crippen LogP contribution in [0.3, 0.4) is 0 Å². The molecule has 0 N–H and O–H groups in total. The fraction of sp³-hybridized carbons (Fsp3) is 0.500. The Morgan fingerprint density at radius 1 is 0.854 bits per heavy atom. The summed E-state index contributed by atoms with van der Waals surface area (Å²) in [5.74, 6) is -1.01. The van der Waals surface area contributed by atoms with Gasteiger partial charge in [0.1, 0.15) is 0 Å². The van der Waals surface area contributed by atoms with Crippen LogP contribution in [0.2, 0.25) is 0 Å². The Kier molecular flexibility index (Phi) is 10.4. The first-order chi connectivity index (χ1) is 18.7. The molecule has 13 heteroatoms. The van der Waals surface area contributed by atoms with E-state index in [-0.39, 0.29) is 50.6 Å². The van der Waals surface area contributed by atoms with Gasteiger partial charge in [-0.2, -0.15) is 26.3 Å². The largest absolute Gasteiger partial charge is 0.416 e. The number of carbonyl (C=O) groups is 2. The Balaban J connectivity index is 0.00000462. The summed E-state index contributed by atoms with van der Waals surface area (Å²) in [5, 5.41) is 0. The lowest BCUT2D eigenvalue weighted by Crippen LogP contribution is -2.58. The van der Waals surface area contributed by atoms with Gasteiger partial charge in [-0.05, 0) is 55.2 Å². The molecule has 4 rings (SSSR count). The number of nitrogens with zero attached hydrogens (tertiary/aromatic N) is 3. The van der Waals surface area contributed by atoms with Crippen LogP contribution >= 0.6 is 12.4 Å². The maximum atomic E-state index is 13.5. The van der Waals surface area contributed by atoms with Gasteiger partial charge in [0.25, 0.3) is 5.91 Å². The van der Waals surface area contributed by atoms with Gasteiger partial charge >= 0.3 is 12.4 Å². The van der Waals surface area contributed by atoms with Crippen molar-refractivity contribution in [3.63, 3.8) is 0 Å². The van der Waals surface area contributed by atoms with Gasteiger partial charge in [0.05, 0.1) is 30.9 Å². The molecule has 0 aliphatic carbocycles. The van der Waals surface area contributed by atoms with Crippen LogP contribution in [-0.4, -0.2) is 85.0 Å². The summed E-state index contributed by atoms with van der Waals surface area (Å²) < 4.78 is 86.0. The molecule has 226 valence electrons. The predicted octanol–water partition coefficient (Wildman–Crippen LogP) is 4.99. The normalized spacial score (nSPS) is 18.7. The number of ether oxygens (including phenoxy) is 1. The van der Waals surface area contributed by atoms with Crippen molar-refractivity contribution in [1.29, 1.82) is 0 Å². The lowest BCUT2D eigenvalue weighted by atomic mass is 9.97. The van der Waals surface area contributed by atoms with E-state index in [4.69, 9.17) is 4.74 Å². The molecule has 2 aromatic carbocycles. The van der Waals surface area contributed by atoms with Crippen molar-refractivity contribution in [2.75, 3.05) is 52.5 Å². The molecule has 2 saturated heterocycles. The zero-order chi connectivity index (χ0) is 29.2. The molecule has 2 amide bonds. The third kappa shape index (κ3) is 8.14. The van der Waals surface area contributed by atoms with Crippen molar-refractivity contribution in [2.45, 2.75) is 38.7 Å². The van der Waals surface area contributed by atoms with Gasteiger partial charge in [0.15, 0.2) is 0 Å². The smallest absolute Gasteiger partial charge is 0.378 e. The Hall–Kier alpha value is -2.83. The van der Waals surface area contributed by atoms with E-state index in [2.05, 4.69) is 0 Å². The molecule has 2 aliphatic heterocycles. The van der Waals surface area contributed by atoms with Crippen molar-refractivity contribution in [3.05, 3.63) is 69.8 Å². The maximum absolute atomic E-state index is 13.5. The second-order valence-electron chi connectivity index (χ2n) is 10.3. The number of rotatable bonds is 5. The molecule has 41 heavy (non-hydrogen) atoms. The van der Waals surface area contributed by atoms with E-state index in [0.717, 1.165) is 16.7 Å². The van der Waals surface area contributed by atoms with E-state index in [1.165, 1.54) is 4.90 Å². The van der Waals surface area contributed by atoms with Gasteiger partial charge < -0.3 is 14.5 Å². The number of alkyl halides is 6. The van der Waals surface area contributed by atoms with Gasteiger partial charge in [0.2, 0.25) is 5.91 Å². The van der Waals surface area contributed by atoms with Crippen LogP contribution in [-0.2, 0) is 28.3 Å². The quantitative estimate of drug-likeness (QED) is 0.450. The number of amides is 2. The predicted molar refractivity (Wildman–Crippen MR) is 142 cm³/mol. The number of halogens is 7. The highest BCUT2D eigenvalue weighted by molar-refractivity contribution is 5.95. The summed E-state index contributed by atoms with van der Waals surface area (Å²) in [6.07, 6.45) is -9.80. The Morgan fingerprint density at radius 2 is 1.46 bits per heavy atom. The molecule has 0 spiro atoms. The molecule has 2 fully saturated rings. The number of morpholine rings is 1. The number of hydrogen-bond acceptors (Lipinski definition) is 4. The average Bonchev–Trinajstić information content (AvgIpc) is 2.90. The van der Waals surface area contributed by atoms with E-state index < -0.39 is 41.0 Å². The summed E-state index contributed by atoms with van der Waals surface area (Å²) in [6, 6.07) is 6.12. The Bertz CT molecular complexity index is 1220. The standard InChI is InChI=1S/C28H31F6N3O3.ClH/c1-18-3-4-20(11-19(18)2)12-24-16-35(17-25(38)36-7-9-40-10-8-36)5-6-37(24)26(39)21-13-22(27(29,30)31)15-23(14-21)28(32,33)34;/h3-4,11,13-15,24H,5-10,12,16-17H2,1-2H3;1H. The third-order valence-corrected chi connectivity index (χ3v) is 7.43. The number of aryl methyl sites for hydroxylation is 2. The average molecular weight is 608 g/mol. The minimum Gasteiger partial charge on any atom is -0.378 e. The highest BCUT2D eigenvalue weighted by atomic mass is 35.5. The topological polar surface area (TPSA) is 53.1 Å². The van der Waals surface area contributed by atoms with Gasteiger partial charge in [-0.3, -0.25) is 14.5 Å². The molecule has 2 heterocycles. The summed E-state index contributed by atoms with van der Waals surface area (Å²) in [6.45, 7) is 6.32. The summed E-state index contributed by atoms with van der Waals surface area (Å²) >= 11 is 0. The van der Waals surface area contributed by atoms with E-state index in [1.54, 1.807) is 4.90 Å². The van der Waals surface area contributed by atoms with Crippen LogP contribution in [0.5, 0.6) is 0 Å². The first-order valence-corrected chi connectivity index (χ1v) is 13.0. The zero-order valence-electron chi connectivity index (χ0n) is 22.6. The second kappa shape index (κ2) is 13.0. The minimum atomic E-state index is -5.06. The number of piperazine rings is 1. The van der Waals surface area contributed by atoms with Crippen molar-refractivity contribution in [2.24, 2.45) is 0 Å². The van der Waals surface area contributed by atoms with E-state index in [9.17, 15) is 35.9 Å². The molecule has 2 aromatic rings. The number of carbonyl (C=O) groups excluding carboxylic acids is 2. The summed E-state index contributed by atoms with van der Waals surface area (Å²) in [7, 11) is 0. The number of hydrogen-bond donors (Lipinski definition) is 0. The first kappa shape index (κ1) is 32.7. The van der Waals surface area contributed by atoms with Crippen LogP contribution in [0.1, 0.15) is 38.2 Å². The van der Waals surface area contributed by atoms with Crippen molar-refractivity contribution in [3.8, 4) is 0 Å². The van der Waals surface area contributed by atoms with Crippen LogP contribution in [0.15, 0.2) is 36.4 Å². The second-order valence-corrected chi connectivity index (χ2v) is 10.3. The summed E-state index contributed by atoms with van der Waals surface area (Å²) in [4.78, 5) is 31.3. The van der Waals surface area contributed by atoms with Gasteiger partial charge in [-0.1, -0.05) is 18.2 Å². The fourth-order valence-corrected chi connectivity index (χ4v) is 5.06. The monoisotopic (exact) mass is 607 g/mol. The van der Waals surface area contributed by atoms with Crippen LogP contribution < -0.4 is 0 Å². The lowest BCUT2D eigenvalue weighted by Gasteiger charge is -2.42. The molecule has 6 nitrogen and oxygen atoms in total. The molecule has 0 radical (unpaired) electrons. The van der Waals surface area contributed by atoms with Gasteiger partial charge in [-0.25, -0.2) is 0 Å². The Morgan fingerprint density at radius 3 is 2.02 bits per heavy atom. The maximum Gasteiger partial charge on any atom is 0.416 e. The van der Waals surface area contributed by atoms with Crippen molar-refractivity contribution in [1.82, 2.24) is 14.7 Å². The van der Waals surface area contributed by atoms with Gasteiger partial charge in [0, 0.05) is 44.3 Å². The molecular formula is C28H32ClF6N3O3. The third-order valence-electron chi connectivity index (χ3n) is 7.43. The molecule has 1 unspecified atom stereocenters. The van der Waals surface area contributed by atoms with Crippen LogP contribution in [0.25, 0.3) is 0 Å². The SMILES string of the molecule is Cc1ccc(CC2CN(CC(=O)N3CCOCC3)CCN2C(=O)c2cc(C(F)(F)F)cc(C(F)(F)F)c2)cc1C.Cl. The van der Waals surface area contributed by atoms with Crippen molar-refractivity contribution >= 4 is 24.2 Å². The van der Waals surface area contributed by atoms with Crippen LogP contribution in [0.4, 0.5) is 26.3 Å². The highest BCUT2D eigenvalue weighted by Crippen LogP contribution is 2.37. The molecule has 0 bridgehead atoms. The van der Waals surface area contributed by atoms with E-state index >= 15 is 0 Å². The van der Waals surface area contributed by atoms with Crippen molar-refractivity contribution < 1.29 is 40.7 Å². The van der Waals surface area contributed by atoms with Gasteiger partial charge in [-0.15, -0.1) is 12.4 Å². The first-order valence-electron chi connectivity index (χ1n) is 13.0. The van der Waals surface area contributed by atoms with Crippen LogP contribution in [0, 0.1) is 13.8 Å². The molecular weight excluding hydrogens is 576 g/mol. The fourth-order valence-electron chi connectivity index (χ4n) is 5.06. The molecule has 0 aromatic heterocycles. The summed E-state index contributed by atoms with van der Waals surface area (Å²) in [5.41, 5.74) is -0.811. The number of benzene rings is 2. The minimum absolute atomic E-state index is 0. The van der Waals surface area contributed by atoms with E-state index in [0.29, 0.717) is 44.9 Å². The molecule has 2 aliphatic rings. The van der Waals surface area contributed by atoms with E-state index in [1.807, 2.05) is 36.9 Å². The molecule has 1 atom stereocenters.